The van der Waals surface area contributed by atoms with Gasteiger partial charge in [-0.1, -0.05) is 19.9 Å². The summed E-state index contributed by atoms with van der Waals surface area (Å²) in [6, 6.07) is 7.53. The van der Waals surface area contributed by atoms with Gasteiger partial charge in [-0.25, -0.2) is 9.97 Å². The molecule has 146 valence electrons. The normalized spacial score (nSPS) is 12.0. The number of anilines is 1. The number of hydrogen-bond donors (Lipinski definition) is 1. The maximum atomic E-state index is 12.8. The molecule has 0 saturated carbocycles. The number of aromatic nitrogens is 2. The number of amides is 1. The topological polar surface area (TPSA) is 67.3 Å². The average molecular weight is 370 g/mol. The fraction of sp³-hybridized carbons (Fsp3) is 0.476. The SMILES string of the molecule is COc1cc(C)ccc1C(=O)NC(CCN(C)c1nccc(C)n1)C(C)C. The summed E-state index contributed by atoms with van der Waals surface area (Å²) in [5.74, 6) is 1.49. The Kier molecular flexibility index (Phi) is 7.16. The molecule has 0 aliphatic heterocycles. The summed E-state index contributed by atoms with van der Waals surface area (Å²) in [7, 11) is 3.55. The Bertz CT molecular complexity index is 777. The second kappa shape index (κ2) is 9.35. The van der Waals surface area contributed by atoms with Crippen molar-refractivity contribution in [3.05, 3.63) is 47.3 Å². The van der Waals surface area contributed by atoms with Crippen LogP contribution in [0.5, 0.6) is 5.75 Å². The van der Waals surface area contributed by atoms with Crippen LogP contribution < -0.4 is 15.0 Å². The molecule has 0 aliphatic carbocycles. The van der Waals surface area contributed by atoms with E-state index in [0.29, 0.717) is 23.2 Å². The predicted octanol–water partition coefficient (Wildman–Crippen LogP) is 3.38. The molecule has 1 N–H and O–H groups in total. The van der Waals surface area contributed by atoms with Crippen LogP contribution in [0.3, 0.4) is 0 Å². The highest BCUT2D eigenvalue weighted by Crippen LogP contribution is 2.20. The zero-order chi connectivity index (χ0) is 20.0. The van der Waals surface area contributed by atoms with E-state index in [-0.39, 0.29) is 11.9 Å². The van der Waals surface area contributed by atoms with Gasteiger partial charge in [-0.2, -0.15) is 0 Å². The van der Waals surface area contributed by atoms with Gasteiger partial charge in [0.05, 0.1) is 12.7 Å². The van der Waals surface area contributed by atoms with Gasteiger partial charge in [0, 0.05) is 31.5 Å². The summed E-state index contributed by atoms with van der Waals surface area (Å²) < 4.78 is 5.37. The van der Waals surface area contributed by atoms with Gasteiger partial charge in [0.25, 0.3) is 5.91 Å². The molecule has 1 heterocycles. The van der Waals surface area contributed by atoms with Crippen molar-refractivity contribution >= 4 is 11.9 Å². The Balaban J connectivity index is 2.04. The first kappa shape index (κ1) is 20.7. The third-order valence-corrected chi connectivity index (χ3v) is 4.62. The summed E-state index contributed by atoms with van der Waals surface area (Å²) in [5.41, 5.74) is 2.56. The van der Waals surface area contributed by atoms with E-state index in [2.05, 4.69) is 29.1 Å². The molecule has 1 atom stereocenters. The van der Waals surface area contributed by atoms with Gasteiger partial charge in [-0.05, 0) is 49.9 Å². The number of nitrogens with one attached hydrogen (secondary N) is 1. The molecule has 0 fully saturated rings. The van der Waals surface area contributed by atoms with Crippen molar-refractivity contribution < 1.29 is 9.53 Å². The summed E-state index contributed by atoms with van der Waals surface area (Å²) >= 11 is 0. The van der Waals surface area contributed by atoms with Gasteiger partial charge >= 0.3 is 0 Å². The lowest BCUT2D eigenvalue weighted by Gasteiger charge is -2.26. The number of nitrogens with zero attached hydrogens (tertiary/aromatic N) is 3. The van der Waals surface area contributed by atoms with Crippen molar-refractivity contribution in [2.75, 3.05) is 25.6 Å². The molecule has 1 amide bonds. The molecule has 1 aromatic heterocycles. The highest BCUT2D eigenvalue weighted by molar-refractivity contribution is 5.97. The van der Waals surface area contributed by atoms with Crippen LogP contribution in [-0.2, 0) is 0 Å². The standard InChI is InChI=1S/C21H30N4O2/c1-14(2)18(10-12-25(5)21-22-11-9-16(4)23-21)24-20(26)17-8-7-15(3)13-19(17)27-6/h7-9,11,13-14,18H,10,12H2,1-6H3,(H,24,26). The number of rotatable bonds is 8. The first-order valence-corrected chi connectivity index (χ1v) is 9.28. The van der Waals surface area contributed by atoms with E-state index in [1.807, 2.05) is 50.1 Å². The minimum absolute atomic E-state index is 0.0377. The average Bonchev–Trinajstić information content (AvgIpc) is 2.64. The third kappa shape index (κ3) is 5.67. The molecule has 0 saturated heterocycles. The largest absolute Gasteiger partial charge is 0.496 e. The minimum Gasteiger partial charge on any atom is -0.496 e. The van der Waals surface area contributed by atoms with Crippen LogP contribution in [0.1, 0.15) is 41.9 Å². The van der Waals surface area contributed by atoms with Crippen LogP contribution in [-0.4, -0.2) is 42.6 Å². The Hall–Kier alpha value is -2.63. The van der Waals surface area contributed by atoms with Crippen LogP contribution >= 0.6 is 0 Å². The van der Waals surface area contributed by atoms with E-state index < -0.39 is 0 Å². The Morgan fingerprint density at radius 3 is 2.63 bits per heavy atom. The van der Waals surface area contributed by atoms with Crippen molar-refractivity contribution in [3.63, 3.8) is 0 Å². The lowest BCUT2D eigenvalue weighted by Crippen LogP contribution is -2.41. The van der Waals surface area contributed by atoms with Gasteiger partial charge in [0.1, 0.15) is 5.75 Å². The van der Waals surface area contributed by atoms with E-state index in [1.54, 1.807) is 13.3 Å². The van der Waals surface area contributed by atoms with Gasteiger partial charge in [0.2, 0.25) is 5.95 Å². The Morgan fingerprint density at radius 1 is 1.26 bits per heavy atom. The summed E-state index contributed by atoms with van der Waals surface area (Å²) in [6.45, 7) is 8.90. The van der Waals surface area contributed by atoms with Crippen molar-refractivity contribution in [2.24, 2.45) is 5.92 Å². The fourth-order valence-electron chi connectivity index (χ4n) is 2.86. The van der Waals surface area contributed by atoms with Crippen molar-refractivity contribution in [2.45, 2.75) is 40.2 Å². The van der Waals surface area contributed by atoms with Gasteiger partial charge in [0.15, 0.2) is 0 Å². The molecule has 2 aromatic rings. The van der Waals surface area contributed by atoms with Crippen molar-refractivity contribution in [1.29, 1.82) is 0 Å². The first-order chi connectivity index (χ1) is 12.8. The van der Waals surface area contributed by atoms with E-state index in [1.165, 1.54) is 0 Å². The van der Waals surface area contributed by atoms with Gasteiger partial charge in [-0.3, -0.25) is 4.79 Å². The fourth-order valence-corrected chi connectivity index (χ4v) is 2.86. The van der Waals surface area contributed by atoms with E-state index >= 15 is 0 Å². The maximum absolute atomic E-state index is 12.8. The van der Waals surface area contributed by atoms with Crippen LogP contribution in [0.25, 0.3) is 0 Å². The van der Waals surface area contributed by atoms with Crippen LogP contribution in [0.15, 0.2) is 30.5 Å². The molecule has 0 bridgehead atoms. The second-order valence-electron chi connectivity index (χ2n) is 7.24. The van der Waals surface area contributed by atoms with Gasteiger partial charge in [-0.15, -0.1) is 0 Å². The Morgan fingerprint density at radius 2 is 2.00 bits per heavy atom. The summed E-state index contributed by atoms with van der Waals surface area (Å²) in [4.78, 5) is 23.6. The lowest BCUT2D eigenvalue weighted by molar-refractivity contribution is 0.0921. The lowest BCUT2D eigenvalue weighted by atomic mass is 10.00. The molecule has 1 unspecified atom stereocenters. The highest BCUT2D eigenvalue weighted by Gasteiger charge is 2.20. The number of aryl methyl sites for hydroxylation is 2. The number of methoxy groups -OCH3 is 1. The number of ether oxygens (including phenoxy) is 1. The first-order valence-electron chi connectivity index (χ1n) is 9.28. The number of hydrogen-bond acceptors (Lipinski definition) is 5. The van der Waals surface area contributed by atoms with E-state index in [9.17, 15) is 4.79 Å². The quantitative estimate of drug-likeness (QED) is 0.771. The predicted molar refractivity (Wildman–Crippen MR) is 108 cm³/mol. The van der Waals surface area contributed by atoms with Crippen LogP contribution in [0.4, 0.5) is 5.95 Å². The highest BCUT2D eigenvalue weighted by atomic mass is 16.5. The Labute approximate surface area is 162 Å². The number of benzene rings is 1. The zero-order valence-corrected chi connectivity index (χ0v) is 17.1. The molecule has 6 nitrogen and oxygen atoms in total. The molecule has 2 rings (SSSR count). The summed E-state index contributed by atoms with van der Waals surface area (Å²) in [5, 5.41) is 3.16. The maximum Gasteiger partial charge on any atom is 0.255 e. The monoisotopic (exact) mass is 370 g/mol. The molecule has 0 spiro atoms. The van der Waals surface area contributed by atoms with E-state index in [0.717, 1.165) is 24.2 Å². The van der Waals surface area contributed by atoms with Gasteiger partial charge < -0.3 is 15.0 Å². The third-order valence-electron chi connectivity index (χ3n) is 4.62. The molecular formula is C21H30N4O2. The second-order valence-corrected chi connectivity index (χ2v) is 7.24. The molecule has 27 heavy (non-hydrogen) atoms. The molecular weight excluding hydrogens is 340 g/mol. The molecule has 1 aromatic carbocycles. The molecule has 6 heteroatoms. The number of carbonyl (C=O) groups is 1. The molecule has 0 aliphatic rings. The molecule has 0 radical (unpaired) electrons. The van der Waals surface area contributed by atoms with Crippen molar-refractivity contribution in [3.8, 4) is 5.75 Å². The smallest absolute Gasteiger partial charge is 0.255 e. The number of carbonyl (C=O) groups excluding carboxylic acids is 1. The summed E-state index contributed by atoms with van der Waals surface area (Å²) in [6.07, 6.45) is 2.56. The van der Waals surface area contributed by atoms with E-state index in [4.69, 9.17) is 4.74 Å². The van der Waals surface area contributed by atoms with Crippen molar-refractivity contribution in [1.82, 2.24) is 15.3 Å². The zero-order valence-electron chi connectivity index (χ0n) is 17.1. The minimum atomic E-state index is -0.111. The van der Waals surface area contributed by atoms with Crippen LogP contribution in [0.2, 0.25) is 0 Å². The van der Waals surface area contributed by atoms with Crippen LogP contribution in [0, 0.1) is 19.8 Å².